The van der Waals surface area contributed by atoms with Crippen molar-refractivity contribution in [1.82, 2.24) is 0 Å². The zero-order valence-corrected chi connectivity index (χ0v) is 11.9. The monoisotopic (exact) mass is 322 g/mol. The summed E-state index contributed by atoms with van der Waals surface area (Å²) in [7, 11) is 0. The third-order valence-electron chi connectivity index (χ3n) is 2.68. The zero-order valence-electron chi connectivity index (χ0n) is 11.9. The van der Waals surface area contributed by atoms with E-state index in [-0.39, 0.29) is 11.3 Å². The van der Waals surface area contributed by atoms with E-state index >= 15 is 0 Å². The van der Waals surface area contributed by atoms with E-state index in [0.717, 1.165) is 0 Å². The average Bonchev–Trinajstić information content (AvgIpc) is 2.43. The molecule has 0 fully saturated rings. The van der Waals surface area contributed by atoms with E-state index in [9.17, 15) is 19.2 Å². The first-order chi connectivity index (χ1) is 10.8. The van der Waals surface area contributed by atoms with Gasteiger partial charge in [-0.1, -0.05) is 18.2 Å². The highest BCUT2D eigenvalue weighted by Crippen LogP contribution is 2.20. The minimum Gasteiger partial charge on any atom is -0.481 e. The Morgan fingerprint density at radius 3 is 1.70 bits per heavy atom. The minimum atomic E-state index is -1.40. The summed E-state index contributed by atoms with van der Waals surface area (Å²) in [5.74, 6) is -5.12. The quantitative estimate of drug-likeness (QED) is 0.370. The first-order valence-electron chi connectivity index (χ1n) is 6.43. The molecule has 23 heavy (non-hydrogen) atoms. The standard InChI is InChI=1S/C15H14O8/c16-12(17)6-9(7-13(18)19)11(8-14(20)21)15(22)23-10-4-2-1-3-5-10/h1-5H,6-8H2,(H,16,17)(H,18,19)(H,20,21). The number of carboxylic acids is 3. The van der Waals surface area contributed by atoms with Crippen LogP contribution < -0.4 is 4.74 Å². The molecular weight excluding hydrogens is 308 g/mol. The number of carboxylic acid groups (broad SMARTS) is 3. The highest BCUT2D eigenvalue weighted by molar-refractivity contribution is 5.97. The third-order valence-corrected chi connectivity index (χ3v) is 2.68. The number of hydrogen-bond donors (Lipinski definition) is 3. The lowest BCUT2D eigenvalue weighted by atomic mass is 9.99. The number of hydrogen-bond acceptors (Lipinski definition) is 5. The molecule has 0 aliphatic rings. The lowest BCUT2D eigenvalue weighted by Gasteiger charge is -2.11. The Bertz CT molecular complexity index is 627. The van der Waals surface area contributed by atoms with Gasteiger partial charge in [-0.2, -0.15) is 0 Å². The van der Waals surface area contributed by atoms with Gasteiger partial charge in [-0.3, -0.25) is 14.4 Å². The number of rotatable bonds is 8. The van der Waals surface area contributed by atoms with Gasteiger partial charge in [0.25, 0.3) is 0 Å². The molecule has 0 saturated carbocycles. The molecule has 0 aliphatic heterocycles. The van der Waals surface area contributed by atoms with Gasteiger partial charge in [0, 0.05) is 5.57 Å². The van der Waals surface area contributed by atoms with Crippen molar-refractivity contribution in [2.75, 3.05) is 0 Å². The Balaban J connectivity index is 3.18. The van der Waals surface area contributed by atoms with Crippen molar-refractivity contribution in [3.63, 3.8) is 0 Å². The van der Waals surface area contributed by atoms with Crippen molar-refractivity contribution in [2.45, 2.75) is 19.3 Å². The summed E-state index contributed by atoms with van der Waals surface area (Å²) in [6.45, 7) is 0. The molecule has 0 saturated heterocycles. The molecule has 0 bridgehead atoms. The van der Waals surface area contributed by atoms with Crippen molar-refractivity contribution < 1.29 is 39.2 Å². The molecule has 0 radical (unpaired) electrons. The maximum atomic E-state index is 12.1. The Morgan fingerprint density at radius 2 is 1.26 bits per heavy atom. The summed E-state index contributed by atoms with van der Waals surface area (Å²) >= 11 is 0. The second-order valence-electron chi connectivity index (χ2n) is 4.50. The summed E-state index contributed by atoms with van der Waals surface area (Å²) in [5.41, 5.74) is -0.792. The van der Waals surface area contributed by atoms with Crippen LogP contribution in [-0.4, -0.2) is 39.2 Å². The van der Waals surface area contributed by atoms with E-state index in [1.165, 1.54) is 12.1 Å². The first-order valence-corrected chi connectivity index (χ1v) is 6.43. The van der Waals surface area contributed by atoms with Crippen LogP contribution in [0.4, 0.5) is 0 Å². The number of carbonyl (C=O) groups is 4. The first kappa shape index (κ1) is 17.9. The predicted molar refractivity (Wildman–Crippen MR) is 75.9 cm³/mol. The van der Waals surface area contributed by atoms with Gasteiger partial charge < -0.3 is 20.1 Å². The fourth-order valence-corrected chi connectivity index (χ4v) is 1.79. The topological polar surface area (TPSA) is 138 Å². The number of para-hydroxylation sites is 1. The Hall–Kier alpha value is -3.16. The maximum Gasteiger partial charge on any atom is 0.339 e. The molecule has 0 atom stereocenters. The van der Waals surface area contributed by atoms with Gasteiger partial charge in [-0.05, 0) is 17.7 Å². The molecular formula is C15H14O8. The van der Waals surface area contributed by atoms with Crippen LogP contribution in [0.1, 0.15) is 19.3 Å². The predicted octanol–water partition coefficient (Wildman–Crippen LogP) is 1.31. The van der Waals surface area contributed by atoms with Crippen molar-refractivity contribution in [3.8, 4) is 5.75 Å². The minimum absolute atomic E-state index is 0.130. The number of aliphatic carboxylic acids is 3. The van der Waals surface area contributed by atoms with Crippen LogP contribution in [0.5, 0.6) is 5.75 Å². The van der Waals surface area contributed by atoms with Crippen molar-refractivity contribution in [2.24, 2.45) is 0 Å². The van der Waals surface area contributed by atoms with Gasteiger partial charge in [-0.15, -0.1) is 0 Å². The maximum absolute atomic E-state index is 12.1. The van der Waals surface area contributed by atoms with Crippen molar-refractivity contribution >= 4 is 23.9 Å². The molecule has 8 nitrogen and oxygen atoms in total. The molecule has 8 heteroatoms. The SMILES string of the molecule is O=C(O)CC(CC(=O)O)=C(CC(=O)O)C(=O)Oc1ccccc1. The summed E-state index contributed by atoms with van der Waals surface area (Å²) < 4.78 is 4.98. The van der Waals surface area contributed by atoms with Crippen LogP contribution in [0.25, 0.3) is 0 Å². The highest BCUT2D eigenvalue weighted by atomic mass is 16.5. The molecule has 0 aromatic heterocycles. The molecule has 0 unspecified atom stereocenters. The van der Waals surface area contributed by atoms with Crippen LogP contribution >= 0.6 is 0 Å². The molecule has 122 valence electrons. The summed E-state index contributed by atoms with van der Waals surface area (Å²) in [4.78, 5) is 44.7. The Kier molecular flexibility index (Phi) is 6.47. The molecule has 0 aliphatic carbocycles. The van der Waals surface area contributed by atoms with Crippen LogP contribution in [-0.2, 0) is 19.2 Å². The Labute approximate surface area is 130 Å². The Morgan fingerprint density at radius 1 is 0.783 bits per heavy atom. The summed E-state index contributed by atoms with van der Waals surface area (Å²) in [6.07, 6.45) is -2.36. The van der Waals surface area contributed by atoms with E-state index < -0.39 is 48.7 Å². The third kappa shape index (κ3) is 6.42. The molecule has 0 heterocycles. The van der Waals surface area contributed by atoms with Gasteiger partial charge in [-0.25, -0.2) is 4.79 Å². The summed E-state index contributed by atoms with van der Waals surface area (Å²) in [6, 6.07) is 7.73. The van der Waals surface area contributed by atoms with E-state index in [2.05, 4.69) is 0 Å². The van der Waals surface area contributed by atoms with E-state index in [4.69, 9.17) is 20.1 Å². The van der Waals surface area contributed by atoms with E-state index in [1.54, 1.807) is 18.2 Å². The van der Waals surface area contributed by atoms with Crippen molar-refractivity contribution in [3.05, 3.63) is 41.5 Å². The van der Waals surface area contributed by atoms with E-state index in [1.807, 2.05) is 0 Å². The number of esters is 1. The molecule has 1 rings (SSSR count). The number of carbonyl (C=O) groups excluding carboxylic acids is 1. The van der Waals surface area contributed by atoms with Crippen LogP contribution in [0.3, 0.4) is 0 Å². The average molecular weight is 322 g/mol. The number of benzene rings is 1. The second-order valence-corrected chi connectivity index (χ2v) is 4.50. The van der Waals surface area contributed by atoms with Gasteiger partial charge in [0.15, 0.2) is 0 Å². The lowest BCUT2D eigenvalue weighted by molar-refractivity contribution is -0.140. The van der Waals surface area contributed by atoms with Gasteiger partial charge in [0.1, 0.15) is 5.75 Å². The second kappa shape index (κ2) is 8.32. The summed E-state index contributed by atoms with van der Waals surface area (Å²) in [5, 5.41) is 26.5. The van der Waals surface area contributed by atoms with Gasteiger partial charge >= 0.3 is 23.9 Å². The zero-order chi connectivity index (χ0) is 17.4. The van der Waals surface area contributed by atoms with Gasteiger partial charge in [0.2, 0.25) is 0 Å². The van der Waals surface area contributed by atoms with Crippen LogP contribution in [0.2, 0.25) is 0 Å². The molecule has 3 N–H and O–H groups in total. The fraction of sp³-hybridized carbons (Fsp3) is 0.200. The molecule has 0 amide bonds. The number of ether oxygens (including phenoxy) is 1. The smallest absolute Gasteiger partial charge is 0.339 e. The normalized spacial score (nSPS) is 9.74. The van der Waals surface area contributed by atoms with Crippen LogP contribution in [0.15, 0.2) is 41.5 Å². The fourth-order valence-electron chi connectivity index (χ4n) is 1.79. The largest absolute Gasteiger partial charge is 0.481 e. The van der Waals surface area contributed by atoms with Crippen molar-refractivity contribution in [1.29, 1.82) is 0 Å². The van der Waals surface area contributed by atoms with Gasteiger partial charge in [0.05, 0.1) is 19.3 Å². The van der Waals surface area contributed by atoms with Crippen LogP contribution in [0, 0.1) is 0 Å². The molecule has 1 aromatic rings. The molecule has 1 aromatic carbocycles. The highest BCUT2D eigenvalue weighted by Gasteiger charge is 2.23. The van der Waals surface area contributed by atoms with E-state index in [0.29, 0.717) is 0 Å². The lowest BCUT2D eigenvalue weighted by Crippen LogP contribution is -2.19. The molecule has 0 spiro atoms.